The normalized spacial score (nSPS) is 19.8. The van der Waals surface area contributed by atoms with Crippen LogP contribution in [0.4, 0.5) is 4.79 Å². The molecule has 2 fully saturated rings. The average Bonchev–Trinajstić information content (AvgIpc) is 2.66. The Kier molecular flexibility index (Phi) is 4.14. The molecule has 0 bridgehead atoms. The van der Waals surface area contributed by atoms with Crippen LogP contribution in [0.15, 0.2) is 12.7 Å². The summed E-state index contributed by atoms with van der Waals surface area (Å²) < 4.78 is 0. The van der Waals surface area contributed by atoms with Gasteiger partial charge in [0.1, 0.15) is 6.54 Å². The Labute approximate surface area is 116 Å². The van der Waals surface area contributed by atoms with Crippen LogP contribution < -0.4 is 5.32 Å². The third-order valence-corrected chi connectivity index (χ3v) is 3.21. The zero-order valence-electron chi connectivity index (χ0n) is 11.0. The minimum absolute atomic E-state index is 0.0399. The van der Waals surface area contributed by atoms with Crippen molar-refractivity contribution >= 4 is 23.8 Å². The first-order chi connectivity index (χ1) is 9.56. The van der Waals surface area contributed by atoms with Crippen LogP contribution in [0.3, 0.4) is 0 Å². The molecule has 2 heterocycles. The molecule has 0 aromatic heterocycles. The lowest BCUT2D eigenvalue weighted by molar-refractivity contribution is -0.144. The van der Waals surface area contributed by atoms with Crippen LogP contribution in [0.5, 0.6) is 0 Å². The van der Waals surface area contributed by atoms with E-state index in [-0.39, 0.29) is 12.5 Å². The van der Waals surface area contributed by atoms with E-state index in [0.717, 1.165) is 4.90 Å². The number of urea groups is 1. The van der Waals surface area contributed by atoms with E-state index in [1.54, 1.807) is 4.90 Å². The number of hydrogen-bond donors (Lipinski definition) is 1. The number of hydrogen-bond acceptors (Lipinski definition) is 5. The number of rotatable bonds is 4. The van der Waals surface area contributed by atoms with Gasteiger partial charge in [0.15, 0.2) is 0 Å². The summed E-state index contributed by atoms with van der Waals surface area (Å²) in [7, 11) is 0. The predicted octanol–water partition coefficient (Wildman–Crippen LogP) is -1.60. The van der Waals surface area contributed by atoms with E-state index in [9.17, 15) is 19.2 Å². The van der Waals surface area contributed by atoms with Crippen molar-refractivity contribution in [2.45, 2.75) is 0 Å². The monoisotopic (exact) mass is 280 g/mol. The Morgan fingerprint density at radius 1 is 1.15 bits per heavy atom. The molecule has 2 rings (SSSR count). The van der Waals surface area contributed by atoms with Crippen LogP contribution >= 0.6 is 0 Å². The minimum atomic E-state index is -0.958. The number of imide groups is 2. The highest BCUT2D eigenvalue weighted by Crippen LogP contribution is 2.12. The van der Waals surface area contributed by atoms with Crippen LogP contribution in [0, 0.1) is 0 Å². The second-order valence-electron chi connectivity index (χ2n) is 4.51. The first-order valence-corrected chi connectivity index (χ1v) is 6.33. The van der Waals surface area contributed by atoms with Gasteiger partial charge in [-0.3, -0.25) is 19.3 Å². The summed E-state index contributed by atoms with van der Waals surface area (Å²) in [5, 5.41) is 3.10. The maximum absolute atomic E-state index is 12.0. The van der Waals surface area contributed by atoms with Crippen molar-refractivity contribution in [3.05, 3.63) is 12.7 Å². The summed E-state index contributed by atoms with van der Waals surface area (Å²) in [5.74, 6) is -2.20. The summed E-state index contributed by atoms with van der Waals surface area (Å²) >= 11 is 0. The molecule has 0 atom stereocenters. The van der Waals surface area contributed by atoms with E-state index in [1.165, 1.54) is 6.08 Å². The van der Waals surface area contributed by atoms with Crippen molar-refractivity contribution < 1.29 is 19.2 Å². The van der Waals surface area contributed by atoms with Gasteiger partial charge in [0.05, 0.1) is 0 Å². The van der Waals surface area contributed by atoms with E-state index in [0.29, 0.717) is 31.1 Å². The summed E-state index contributed by atoms with van der Waals surface area (Å²) in [5.41, 5.74) is 0. The Hall–Kier alpha value is -2.22. The molecule has 0 aromatic rings. The zero-order chi connectivity index (χ0) is 14.7. The molecule has 8 nitrogen and oxygen atoms in total. The molecule has 20 heavy (non-hydrogen) atoms. The maximum atomic E-state index is 12.0. The molecule has 0 spiro atoms. The molecule has 108 valence electrons. The maximum Gasteiger partial charge on any atom is 0.335 e. The largest absolute Gasteiger partial charge is 0.339 e. The summed E-state index contributed by atoms with van der Waals surface area (Å²) in [4.78, 5) is 50.3. The van der Waals surface area contributed by atoms with Crippen LogP contribution in [-0.4, -0.2) is 77.7 Å². The fourth-order valence-electron chi connectivity index (χ4n) is 2.13. The molecule has 1 N–H and O–H groups in total. The first kappa shape index (κ1) is 14.2. The summed E-state index contributed by atoms with van der Waals surface area (Å²) in [6, 6.07) is -0.761. The van der Waals surface area contributed by atoms with Gasteiger partial charge >= 0.3 is 17.8 Å². The van der Waals surface area contributed by atoms with Crippen LogP contribution in [0.1, 0.15) is 0 Å². The highest BCUT2D eigenvalue weighted by atomic mass is 16.2. The molecule has 0 radical (unpaired) electrons. The minimum Gasteiger partial charge on any atom is -0.339 e. The van der Waals surface area contributed by atoms with Gasteiger partial charge in [-0.25, -0.2) is 9.69 Å². The van der Waals surface area contributed by atoms with Crippen LogP contribution in [-0.2, 0) is 14.4 Å². The number of piperazine rings is 1. The summed E-state index contributed by atoms with van der Waals surface area (Å²) in [6.45, 7) is 5.39. The van der Waals surface area contributed by atoms with Gasteiger partial charge in [-0.2, -0.15) is 0 Å². The van der Waals surface area contributed by atoms with E-state index in [2.05, 4.69) is 11.9 Å². The molecule has 0 saturated carbocycles. The first-order valence-electron chi connectivity index (χ1n) is 6.33. The number of carbonyl (C=O) groups excluding carboxylic acids is 4. The van der Waals surface area contributed by atoms with Crippen LogP contribution in [0.25, 0.3) is 0 Å². The van der Waals surface area contributed by atoms with Crippen molar-refractivity contribution in [3.63, 3.8) is 0 Å². The van der Waals surface area contributed by atoms with Gasteiger partial charge in [-0.1, -0.05) is 6.08 Å². The van der Waals surface area contributed by atoms with Gasteiger partial charge in [0.2, 0.25) is 5.91 Å². The third kappa shape index (κ3) is 2.55. The Balaban J connectivity index is 2.03. The lowest BCUT2D eigenvalue weighted by Gasteiger charge is -2.28. The van der Waals surface area contributed by atoms with Gasteiger partial charge in [-0.15, -0.1) is 6.58 Å². The Bertz CT molecular complexity index is 470. The van der Waals surface area contributed by atoms with E-state index in [1.807, 2.05) is 0 Å². The van der Waals surface area contributed by atoms with Gasteiger partial charge in [0, 0.05) is 32.7 Å². The molecular formula is C12H16N4O4. The number of carbonyl (C=O) groups is 4. The third-order valence-electron chi connectivity index (χ3n) is 3.21. The lowest BCUT2D eigenvalue weighted by atomic mass is 10.3. The smallest absolute Gasteiger partial charge is 0.335 e. The van der Waals surface area contributed by atoms with E-state index < -0.39 is 24.4 Å². The van der Waals surface area contributed by atoms with Crippen molar-refractivity contribution in [1.29, 1.82) is 0 Å². The summed E-state index contributed by atoms with van der Waals surface area (Å²) in [6.07, 6.45) is 1.35. The molecule has 0 aliphatic carbocycles. The molecule has 0 unspecified atom stereocenters. The predicted molar refractivity (Wildman–Crippen MR) is 68.5 cm³/mol. The second kappa shape index (κ2) is 5.83. The number of amides is 5. The SMILES string of the molecule is C=CCN1C(=O)C(=O)N(CC(=O)N2CCNCC2)C1=O. The highest BCUT2D eigenvalue weighted by Gasteiger charge is 2.44. The standard InChI is InChI=1S/C12H16N4O4/c1-2-5-15-10(18)11(19)16(12(15)20)8-9(17)14-6-3-13-4-7-14/h2,13H,1,3-8H2. The van der Waals surface area contributed by atoms with Crippen molar-refractivity contribution in [3.8, 4) is 0 Å². The zero-order valence-corrected chi connectivity index (χ0v) is 11.0. The fraction of sp³-hybridized carbons (Fsp3) is 0.500. The molecule has 2 saturated heterocycles. The van der Waals surface area contributed by atoms with Gasteiger partial charge in [0.25, 0.3) is 0 Å². The average molecular weight is 280 g/mol. The molecule has 0 aromatic carbocycles. The Morgan fingerprint density at radius 2 is 1.75 bits per heavy atom. The topological polar surface area (TPSA) is 90.0 Å². The second-order valence-corrected chi connectivity index (χ2v) is 4.51. The van der Waals surface area contributed by atoms with Crippen molar-refractivity contribution in [2.75, 3.05) is 39.3 Å². The molecule has 2 aliphatic heterocycles. The molecular weight excluding hydrogens is 264 g/mol. The lowest BCUT2D eigenvalue weighted by Crippen LogP contribution is -2.50. The highest BCUT2D eigenvalue weighted by molar-refractivity contribution is 6.45. The van der Waals surface area contributed by atoms with Crippen LogP contribution in [0.2, 0.25) is 0 Å². The van der Waals surface area contributed by atoms with Crippen molar-refractivity contribution in [2.24, 2.45) is 0 Å². The van der Waals surface area contributed by atoms with E-state index >= 15 is 0 Å². The van der Waals surface area contributed by atoms with Gasteiger partial charge in [-0.05, 0) is 0 Å². The molecule has 8 heteroatoms. The van der Waals surface area contributed by atoms with Gasteiger partial charge < -0.3 is 10.2 Å². The number of nitrogens with zero attached hydrogens (tertiary/aromatic N) is 3. The van der Waals surface area contributed by atoms with Crippen molar-refractivity contribution in [1.82, 2.24) is 20.0 Å². The Morgan fingerprint density at radius 3 is 2.35 bits per heavy atom. The quantitative estimate of drug-likeness (QED) is 0.380. The van der Waals surface area contributed by atoms with E-state index in [4.69, 9.17) is 0 Å². The molecule has 2 aliphatic rings. The number of nitrogens with one attached hydrogen (secondary N) is 1. The molecule has 5 amide bonds. The fourth-order valence-corrected chi connectivity index (χ4v) is 2.13.